The Morgan fingerprint density at radius 1 is 1.33 bits per heavy atom. The van der Waals surface area contributed by atoms with Crippen LogP contribution in [-0.2, 0) is 20.9 Å². The lowest BCUT2D eigenvalue weighted by Crippen LogP contribution is -2.44. The van der Waals surface area contributed by atoms with Crippen LogP contribution in [0.25, 0.3) is 0 Å². The predicted octanol–water partition coefficient (Wildman–Crippen LogP) is 1.75. The van der Waals surface area contributed by atoms with Crippen LogP contribution in [0, 0.1) is 5.92 Å². The molecule has 0 radical (unpaired) electrons. The first-order chi connectivity index (χ1) is 11.6. The second-order valence-electron chi connectivity index (χ2n) is 6.46. The standard InChI is InChI=1S/C18H27N3O3/c1-14-6-3-4-8-16(14)21(2)18(23)13-24-12-17(22)20-11-15-7-5-9-19-10-15/h5,7,9-10,14,16H,3-4,6,8,11-13H2,1-2H3,(H,20,22)/t14-,16+/m0/s1. The van der Waals surface area contributed by atoms with E-state index in [1.165, 1.54) is 19.3 Å². The van der Waals surface area contributed by atoms with Gasteiger partial charge in [-0.25, -0.2) is 0 Å². The van der Waals surface area contributed by atoms with Crippen LogP contribution in [0.1, 0.15) is 38.2 Å². The summed E-state index contributed by atoms with van der Waals surface area (Å²) in [7, 11) is 1.83. The smallest absolute Gasteiger partial charge is 0.248 e. The van der Waals surface area contributed by atoms with E-state index in [-0.39, 0.29) is 31.1 Å². The van der Waals surface area contributed by atoms with Crippen molar-refractivity contribution >= 4 is 11.8 Å². The van der Waals surface area contributed by atoms with Gasteiger partial charge in [0.15, 0.2) is 0 Å². The summed E-state index contributed by atoms with van der Waals surface area (Å²) in [5, 5.41) is 2.74. The van der Waals surface area contributed by atoms with Gasteiger partial charge in [-0.3, -0.25) is 14.6 Å². The van der Waals surface area contributed by atoms with E-state index in [4.69, 9.17) is 4.74 Å². The molecule has 2 amide bonds. The molecule has 24 heavy (non-hydrogen) atoms. The fraction of sp³-hybridized carbons (Fsp3) is 0.611. The first-order valence-corrected chi connectivity index (χ1v) is 8.57. The van der Waals surface area contributed by atoms with E-state index in [1.807, 2.05) is 19.2 Å². The molecule has 0 aromatic carbocycles. The lowest BCUT2D eigenvalue weighted by molar-refractivity contribution is -0.140. The molecule has 1 heterocycles. The Labute approximate surface area is 143 Å². The van der Waals surface area contributed by atoms with Gasteiger partial charge in [0.05, 0.1) is 0 Å². The van der Waals surface area contributed by atoms with Gasteiger partial charge in [-0.1, -0.05) is 25.8 Å². The summed E-state index contributed by atoms with van der Waals surface area (Å²) in [4.78, 5) is 29.7. The Balaban J connectivity index is 1.65. The number of nitrogens with zero attached hydrogens (tertiary/aromatic N) is 2. The lowest BCUT2D eigenvalue weighted by atomic mass is 9.85. The van der Waals surface area contributed by atoms with E-state index in [0.29, 0.717) is 12.5 Å². The van der Waals surface area contributed by atoms with Crippen molar-refractivity contribution in [1.82, 2.24) is 15.2 Å². The number of hydrogen-bond acceptors (Lipinski definition) is 4. The largest absolute Gasteiger partial charge is 0.362 e. The highest BCUT2D eigenvalue weighted by Crippen LogP contribution is 2.27. The molecule has 0 aliphatic heterocycles. The molecule has 6 nitrogen and oxygen atoms in total. The molecule has 132 valence electrons. The minimum absolute atomic E-state index is 0.0555. The number of ether oxygens (including phenoxy) is 1. The van der Waals surface area contributed by atoms with Crippen LogP contribution in [0.5, 0.6) is 0 Å². The third-order valence-corrected chi connectivity index (χ3v) is 4.63. The van der Waals surface area contributed by atoms with Gasteiger partial charge in [0.2, 0.25) is 11.8 Å². The van der Waals surface area contributed by atoms with Gasteiger partial charge >= 0.3 is 0 Å². The highest BCUT2D eigenvalue weighted by Gasteiger charge is 2.27. The lowest BCUT2D eigenvalue weighted by Gasteiger charge is -2.36. The Hall–Kier alpha value is -1.95. The molecule has 1 aliphatic rings. The summed E-state index contributed by atoms with van der Waals surface area (Å²) in [6, 6.07) is 3.99. The minimum Gasteiger partial charge on any atom is -0.362 e. The summed E-state index contributed by atoms with van der Waals surface area (Å²) in [6.07, 6.45) is 8.01. The molecule has 6 heteroatoms. The number of hydrogen-bond donors (Lipinski definition) is 1. The molecule has 1 fully saturated rings. The highest BCUT2D eigenvalue weighted by molar-refractivity contribution is 5.79. The number of amides is 2. The fourth-order valence-corrected chi connectivity index (χ4v) is 3.14. The van der Waals surface area contributed by atoms with Crippen molar-refractivity contribution < 1.29 is 14.3 Å². The number of rotatable bonds is 7. The SMILES string of the molecule is C[C@H]1CCCC[C@H]1N(C)C(=O)COCC(=O)NCc1cccnc1. The average molecular weight is 333 g/mol. The molecule has 1 N–H and O–H groups in total. The van der Waals surface area contributed by atoms with Crippen LogP contribution in [-0.4, -0.2) is 48.0 Å². The Morgan fingerprint density at radius 2 is 2.12 bits per heavy atom. The van der Waals surface area contributed by atoms with Crippen LogP contribution in [0.15, 0.2) is 24.5 Å². The minimum atomic E-state index is -0.236. The van der Waals surface area contributed by atoms with Gasteiger partial charge in [0, 0.05) is 32.0 Å². The van der Waals surface area contributed by atoms with Crippen molar-refractivity contribution in [3.63, 3.8) is 0 Å². The van der Waals surface area contributed by atoms with E-state index in [0.717, 1.165) is 12.0 Å². The number of aromatic nitrogens is 1. The molecule has 1 aromatic rings. The van der Waals surface area contributed by atoms with E-state index in [1.54, 1.807) is 17.3 Å². The highest BCUT2D eigenvalue weighted by atomic mass is 16.5. The summed E-state index contributed by atoms with van der Waals surface area (Å²) >= 11 is 0. The zero-order valence-electron chi connectivity index (χ0n) is 14.5. The first kappa shape index (κ1) is 18.4. The van der Waals surface area contributed by atoms with E-state index in [9.17, 15) is 9.59 Å². The number of nitrogens with one attached hydrogen (secondary N) is 1. The molecule has 0 unspecified atom stereocenters. The quantitative estimate of drug-likeness (QED) is 0.825. The summed E-state index contributed by atoms with van der Waals surface area (Å²) in [5.41, 5.74) is 0.924. The van der Waals surface area contributed by atoms with Crippen molar-refractivity contribution in [3.05, 3.63) is 30.1 Å². The zero-order valence-corrected chi connectivity index (χ0v) is 14.5. The third-order valence-electron chi connectivity index (χ3n) is 4.63. The van der Waals surface area contributed by atoms with Crippen molar-refractivity contribution in [2.24, 2.45) is 5.92 Å². The van der Waals surface area contributed by atoms with Gasteiger partial charge < -0.3 is 15.0 Å². The van der Waals surface area contributed by atoms with E-state index >= 15 is 0 Å². The number of pyridine rings is 1. The average Bonchev–Trinajstić information content (AvgIpc) is 2.60. The van der Waals surface area contributed by atoms with Crippen LogP contribution in [0.4, 0.5) is 0 Å². The van der Waals surface area contributed by atoms with Crippen molar-refractivity contribution in [3.8, 4) is 0 Å². The maximum Gasteiger partial charge on any atom is 0.248 e. The van der Waals surface area contributed by atoms with Gasteiger partial charge in [0.25, 0.3) is 0 Å². The second kappa shape index (κ2) is 9.37. The van der Waals surface area contributed by atoms with Crippen molar-refractivity contribution in [1.29, 1.82) is 0 Å². The van der Waals surface area contributed by atoms with Gasteiger partial charge in [-0.2, -0.15) is 0 Å². The second-order valence-corrected chi connectivity index (χ2v) is 6.46. The summed E-state index contributed by atoms with van der Waals surface area (Å²) in [5.74, 6) is 0.227. The summed E-state index contributed by atoms with van der Waals surface area (Å²) < 4.78 is 5.27. The van der Waals surface area contributed by atoms with Gasteiger partial charge in [0.1, 0.15) is 13.2 Å². The van der Waals surface area contributed by atoms with Crippen molar-refractivity contribution in [2.75, 3.05) is 20.3 Å². The molecule has 0 bridgehead atoms. The van der Waals surface area contributed by atoms with Gasteiger partial charge in [-0.15, -0.1) is 0 Å². The number of carbonyl (C=O) groups is 2. The molecule has 1 aliphatic carbocycles. The first-order valence-electron chi connectivity index (χ1n) is 8.57. The van der Waals surface area contributed by atoms with Crippen LogP contribution in [0.2, 0.25) is 0 Å². The van der Waals surface area contributed by atoms with Gasteiger partial charge in [-0.05, 0) is 30.4 Å². The maximum atomic E-state index is 12.2. The van der Waals surface area contributed by atoms with E-state index in [2.05, 4.69) is 17.2 Å². The molecular formula is C18H27N3O3. The molecular weight excluding hydrogens is 306 g/mol. The molecule has 0 saturated heterocycles. The Morgan fingerprint density at radius 3 is 2.83 bits per heavy atom. The molecule has 1 saturated carbocycles. The van der Waals surface area contributed by atoms with Crippen LogP contribution >= 0.6 is 0 Å². The molecule has 2 rings (SSSR count). The maximum absolute atomic E-state index is 12.2. The topological polar surface area (TPSA) is 71.5 Å². The predicted molar refractivity (Wildman–Crippen MR) is 91.1 cm³/mol. The van der Waals surface area contributed by atoms with Crippen molar-refractivity contribution in [2.45, 2.75) is 45.2 Å². The fourth-order valence-electron chi connectivity index (χ4n) is 3.14. The summed E-state index contributed by atoms with van der Waals surface area (Å²) in [6.45, 7) is 2.43. The van der Waals surface area contributed by atoms with Crippen LogP contribution < -0.4 is 5.32 Å². The monoisotopic (exact) mass is 333 g/mol. The Kier molecular flexibility index (Phi) is 7.18. The number of carbonyl (C=O) groups excluding carboxylic acids is 2. The molecule has 0 spiro atoms. The molecule has 2 atom stereocenters. The van der Waals surface area contributed by atoms with E-state index < -0.39 is 0 Å². The molecule has 1 aromatic heterocycles. The Bertz CT molecular complexity index is 536. The van der Waals surface area contributed by atoms with Crippen LogP contribution in [0.3, 0.4) is 0 Å². The zero-order chi connectivity index (χ0) is 17.4. The number of likely N-dealkylation sites (N-methyl/N-ethyl adjacent to an activating group) is 1. The third kappa shape index (κ3) is 5.60. The normalized spacial score (nSPS) is 20.4.